The van der Waals surface area contributed by atoms with Gasteiger partial charge in [0.25, 0.3) is 0 Å². The van der Waals surface area contributed by atoms with Gasteiger partial charge in [0.05, 0.1) is 5.56 Å². The summed E-state index contributed by atoms with van der Waals surface area (Å²) in [6.45, 7) is 0. The SMILES string of the molecule is O=C(c1ccc(F)cc1)c1ccc(Br)c(C(F)(F)F)c1. The minimum Gasteiger partial charge on any atom is -0.289 e. The summed E-state index contributed by atoms with van der Waals surface area (Å²) in [7, 11) is 0. The van der Waals surface area contributed by atoms with Crippen molar-refractivity contribution in [3.8, 4) is 0 Å². The molecule has 104 valence electrons. The molecule has 0 radical (unpaired) electrons. The van der Waals surface area contributed by atoms with Crippen LogP contribution in [0.5, 0.6) is 0 Å². The van der Waals surface area contributed by atoms with Crippen LogP contribution in [-0.4, -0.2) is 5.78 Å². The first-order chi connectivity index (χ1) is 9.29. The molecule has 0 saturated carbocycles. The molecule has 0 aliphatic heterocycles. The van der Waals surface area contributed by atoms with E-state index in [1.165, 1.54) is 24.3 Å². The Morgan fingerprint density at radius 2 is 1.50 bits per heavy atom. The van der Waals surface area contributed by atoms with Crippen LogP contribution >= 0.6 is 15.9 Å². The van der Waals surface area contributed by atoms with Crippen LogP contribution in [0.4, 0.5) is 17.6 Å². The second-order valence-electron chi connectivity index (χ2n) is 4.03. The van der Waals surface area contributed by atoms with Gasteiger partial charge >= 0.3 is 6.18 Å². The largest absolute Gasteiger partial charge is 0.417 e. The van der Waals surface area contributed by atoms with E-state index in [1.807, 2.05) is 0 Å². The van der Waals surface area contributed by atoms with Crippen molar-refractivity contribution in [3.05, 3.63) is 69.4 Å². The monoisotopic (exact) mass is 346 g/mol. The topological polar surface area (TPSA) is 17.1 Å². The molecule has 0 amide bonds. The number of alkyl halides is 3. The van der Waals surface area contributed by atoms with Gasteiger partial charge in [0.1, 0.15) is 5.82 Å². The molecule has 0 fully saturated rings. The molecular formula is C14H7BrF4O. The summed E-state index contributed by atoms with van der Waals surface area (Å²) >= 11 is 2.80. The molecule has 2 aromatic rings. The van der Waals surface area contributed by atoms with Gasteiger partial charge in [-0.1, -0.05) is 15.9 Å². The first-order valence-corrected chi connectivity index (χ1v) is 6.25. The number of carbonyl (C=O) groups is 1. The van der Waals surface area contributed by atoms with E-state index < -0.39 is 23.3 Å². The highest BCUT2D eigenvalue weighted by molar-refractivity contribution is 9.10. The molecule has 2 aromatic carbocycles. The molecule has 0 atom stereocenters. The van der Waals surface area contributed by atoms with Crippen LogP contribution in [0.1, 0.15) is 21.5 Å². The van der Waals surface area contributed by atoms with E-state index in [2.05, 4.69) is 15.9 Å². The zero-order valence-electron chi connectivity index (χ0n) is 9.84. The summed E-state index contributed by atoms with van der Waals surface area (Å²) in [4.78, 5) is 12.0. The van der Waals surface area contributed by atoms with Crippen molar-refractivity contribution in [3.63, 3.8) is 0 Å². The van der Waals surface area contributed by atoms with Crippen molar-refractivity contribution in [1.29, 1.82) is 0 Å². The molecule has 0 spiro atoms. The number of carbonyl (C=O) groups excluding carboxylic acids is 1. The average molecular weight is 347 g/mol. The Morgan fingerprint density at radius 1 is 0.950 bits per heavy atom. The second kappa shape index (κ2) is 5.36. The van der Waals surface area contributed by atoms with E-state index in [0.717, 1.165) is 18.2 Å². The van der Waals surface area contributed by atoms with Crippen molar-refractivity contribution in [1.82, 2.24) is 0 Å². The maximum Gasteiger partial charge on any atom is 0.417 e. The predicted octanol–water partition coefficient (Wildman–Crippen LogP) is 4.84. The molecule has 0 aliphatic rings. The number of ketones is 1. The minimum atomic E-state index is -4.56. The van der Waals surface area contributed by atoms with Gasteiger partial charge in [0.2, 0.25) is 0 Å². The van der Waals surface area contributed by atoms with Gasteiger partial charge in [-0.25, -0.2) is 4.39 Å². The Bertz CT molecular complexity index is 647. The van der Waals surface area contributed by atoms with E-state index in [9.17, 15) is 22.4 Å². The second-order valence-corrected chi connectivity index (χ2v) is 4.88. The highest BCUT2D eigenvalue weighted by atomic mass is 79.9. The fraction of sp³-hybridized carbons (Fsp3) is 0.0714. The third-order valence-corrected chi connectivity index (χ3v) is 3.33. The fourth-order valence-corrected chi connectivity index (χ4v) is 2.12. The Kier molecular flexibility index (Phi) is 3.94. The van der Waals surface area contributed by atoms with Crippen LogP contribution in [0.2, 0.25) is 0 Å². The molecule has 0 unspecified atom stereocenters. The Morgan fingerprint density at radius 3 is 2.05 bits per heavy atom. The van der Waals surface area contributed by atoms with Crippen molar-refractivity contribution >= 4 is 21.7 Å². The first kappa shape index (κ1) is 14.7. The Hall–Kier alpha value is -1.69. The normalized spacial score (nSPS) is 11.4. The molecule has 0 aliphatic carbocycles. The van der Waals surface area contributed by atoms with E-state index in [-0.39, 0.29) is 15.6 Å². The zero-order valence-corrected chi connectivity index (χ0v) is 11.4. The molecule has 0 aromatic heterocycles. The smallest absolute Gasteiger partial charge is 0.289 e. The number of benzene rings is 2. The van der Waals surface area contributed by atoms with Crippen LogP contribution in [0.3, 0.4) is 0 Å². The molecule has 0 N–H and O–H groups in total. The molecule has 6 heteroatoms. The van der Waals surface area contributed by atoms with Crippen molar-refractivity contribution in [2.24, 2.45) is 0 Å². The maximum absolute atomic E-state index is 12.8. The molecular weight excluding hydrogens is 340 g/mol. The Labute approximate surface area is 120 Å². The van der Waals surface area contributed by atoms with E-state index >= 15 is 0 Å². The Balaban J connectivity index is 2.43. The lowest BCUT2D eigenvalue weighted by molar-refractivity contribution is -0.138. The lowest BCUT2D eigenvalue weighted by atomic mass is 10.0. The van der Waals surface area contributed by atoms with E-state index in [4.69, 9.17) is 0 Å². The third-order valence-electron chi connectivity index (χ3n) is 2.64. The number of halogens is 5. The first-order valence-electron chi connectivity index (χ1n) is 5.46. The van der Waals surface area contributed by atoms with Crippen molar-refractivity contribution in [2.45, 2.75) is 6.18 Å². The van der Waals surface area contributed by atoms with Gasteiger partial charge in [-0.15, -0.1) is 0 Å². The molecule has 1 nitrogen and oxygen atoms in total. The molecule has 0 bridgehead atoms. The summed E-state index contributed by atoms with van der Waals surface area (Å²) in [6, 6.07) is 7.84. The van der Waals surface area contributed by atoms with Crippen LogP contribution in [0.15, 0.2) is 46.9 Å². The minimum absolute atomic E-state index is 0.105. The van der Waals surface area contributed by atoms with Gasteiger partial charge in [-0.3, -0.25) is 4.79 Å². The van der Waals surface area contributed by atoms with Gasteiger partial charge in [0, 0.05) is 15.6 Å². The van der Waals surface area contributed by atoms with Gasteiger partial charge in [-0.2, -0.15) is 13.2 Å². The summed E-state index contributed by atoms with van der Waals surface area (Å²) < 4.78 is 50.9. The average Bonchev–Trinajstić information content (AvgIpc) is 2.38. The summed E-state index contributed by atoms with van der Waals surface area (Å²) in [5, 5.41) is 0. The standard InChI is InChI=1S/C14H7BrF4O/c15-12-6-3-9(7-11(12)14(17,18)19)13(20)8-1-4-10(16)5-2-8/h1-7H. The maximum atomic E-state index is 12.8. The van der Waals surface area contributed by atoms with Crippen molar-refractivity contribution in [2.75, 3.05) is 0 Å². The van der Waals surface area contributed by atoms with Crippen LogP contribution in [0.25, 0.3) is 0 Å². The van der Waals surface area contributed by atoms with Crippen LogP contribution in [0, 0.1) is 5.82 Å². The van der Waals surface area contributed by atoms with E-state index in [0.29, 0.717) is 0 Å². The van der Waals surface area contributed by atoms with Crippen LogP contribution < -0.4 is 0 Å². The van der Waals surface area contributed by atoms with Gasteiger partial charge in [-0.05, 0) is 42.5 Å². The number of rotatable bonds is 2. The molecule has 0 heterocycles. The zero-order chi connectivity index (χ0) is 14.9. The summed E-state index contributed by atoms with van der Waals surface area (Å²) in [6.07, 6.45) is -4.56. The number of hydrogen-bond acceptors (Lipinski definition) is 1. The lowest BCUT2D eigenvalue weighted by Gasteiger charge is -2.10. The quantitative estimate of drug-likeness (QED) is 0.561. The predicted molar refractivity (Wildman–Crippen MR) is 69.0 cm³/mol. The molecule has 20 heavy (non-hydrogen) atoms. The molecule has 2 rings (SSSR count). The van der Waals surface area contributed by atoms with Gasteiger partial charge < -0.3 is 0 Å². The molecule has 0 saturated heterocycles. The summed E-state index contributed by atoms with van der Waals surface area (Å²) in [5.74, 6) is -1.11. The highest BCUT2D eigenvalue weighted by Gasteiger charge is 2.33. The number of hydrogen-bond donors (Lipinski definition) is 0. The van der Waals surface area contributed by atoms with E-state index in [1.54, 1.807) is 0 Å². The third kappa shape index (κ3) is 3.07. The fourth-order valence-electron chi connectivity index (χ4n) is 1.65. The summed E-state index contributed by atoms with van der Waals surface area (Å²) in [5.41, 5.74) is -0.903. The lowest BCUT2D eigenvalue weighted by Crippen LogP contribution is -2.09. The van der Waals surface area contributed by atoms with Crippen LogP contribution in [-0.2, 0) is 6.18 Å². The van der Waals surface area contributed by atoms with Gasteiger partial charge in [0.15, 0.2) is 5.78 Å². The van der Waals surface area contributed by atoms with Crippen molar-refractivity contribution < 1.29 is 22.4 Å². The highest BCUT2D eigenvalue weighted by Crippen LogP contribution is 2.35.